The Balaban J connectivity index is 1.33. The molecule has 2 saturated heterocycles. The van der Waals surface area contributed by atoms with Gasteiger partial charge in [-0.25, -0.2) is 18.7 Å². The number of hydrogen-bond donors (Lipinski definition) is 2. The van der Waals surface area contributed by atoms with E-state index < -0.39 is 17.6 Å². The number of carbonyl (C=O) groups is 1. The number of fused-ring (bicyclic) bond motifs is 2. The maximum absolute atomic E-state index is 14.7. The maximum atomic E-state index is 14.7. The largest absolute Gasteiger partial charge is 0.494 e. The minimum Gasteiger partial charge on any atom is -0.494 e. The summed E-state index contributed by atoms with van der Waals surface area (Å²) < 4.78 is 45.0. The number of likely N-dealkylation sites (tertiary alicyclic amines) is 1. The topological polar surface area (TPSA) is 97.8 Å². The second kappa shape index (κ2) is 10.9. The standard InChI is InChI=1S/C25H24ClF2N5O4/c1-35-21-10-19-15(24(30-13-29-19)31-14-2-3-17(27)16(26)8-14)9-20(21)32-25(34)18(28)4-5-33-11-22-23(12-33)37-7-6-36-22/h2-4,8-10,13,22-23H,5-7,11-12H2,1H3,(H,32,34)(H,29,30,31)/b18-4+/t22-,23+. The lowest BCUT2D eigenvalue weighted by molar-refractivity contribution is -0.116. The number of amides is 1. The minimum absolute atomic E-state index is 0.0307. The van der Waals surface area contributed by atoms with Gasteiger partial charge in [-0.05, 0) is 30.3 Å². The molecule has 2 atom stereocenters. The summed E-state index contributed by atoms with van der Waals surface area (Å²) in [5.41, 5.74) is 1.24. The van der Waals surface area contributed by atoms with Crippen LogP contribution in [-0.2, 0) is 14.3 Å². The number of ether oxygens (including phenoxy) is 3. The molecule has 0 bridgehead atoms. The number of nitrogens with one attached hydrogen (secondary N) is 2. The van der Waals surface area contributed by atoms with Gasteiger partial charge in [-0.3, -0.25) is 9.69 Å². The number of anilines is 3. The van der Waals surface area contributed by atoms with Crippen molar-refractivity contribution < 1.29 is 27.8 Å². The van der Waals surface area contributed by atoms with Crippen molar-refractivity contribution in [3.8, 4) is 5.75 Å². The average molecular weight is 532 g/mol. The fraction of sp³-hybridized carbons (Fsp3) is 0.320. The Kier molecular flexibility index (Phi) is 7.47. The molecule has 0 radical (unpaired) electrons. The Hall–Kier alpha value is -3.38. The van der Waals surface area contributed by atoms with Crippen LogP contribution in [0.2, 0.25) is 5.02 Å². The third-order valence-corrected chi connectivity index (χ3v) is 6.46. The van der Waals surface area contributed by atoms with Gasteiger partial charge >= 0.3 is 0 Å². The summed E-state index contributed by atoms with van der Waals surface area (Å²) in [6.45, 7) is 2.58. The van der Waals surface area contributed by atoms with E-state index in [-0.39, 0.29) is 29.5 Å². The lowest BCUT2D eigenvalue weighted by Gasteiger charge is -2.24. The van der Waals surface area contributed by atoms with Crippen LogP contribution < -0.4 is 15.4 Å². The highest BCUT2D eigenvalue weighted by Gasteiger charge is 2.36. The van der Waals surface area contributed by atoms with Gasteiger partial charge in [-0.2, -0.15) is 0 Å². The van der Waals surface area contributed by atoms with Gasteiger partial charge in [-0.1, -0.05) is 11.6 Å². The van der Waals surface area contributed by atoms with Crippen LogP contribution in [0, 0.1) is 5.82 Å². The van der Waals surface area contributed by atoms with Crippen LogP contribution in [0.5, 0.6) is 5.75 Å². The van der Waals surface area contributed by atoms with E-state index in [0.717, 1.165) is 0 Å². The zero-order valence-electron chi connectivity index (χ0n) is 19.8. The van der Waals surface area contributed by atoms with E-state index in [0.29, 0.717) is 54.5 Å². The van der Waals surface area contributed by atoms with E-state index in [1.807, 2.05) is 4.90 Å². The maximum Gasteiger partial charge on any atom is 0.284 e. The molecule has 5 rings (SSSR count). The van der Waals surface area contributed by atoms with Gasteiger partial charge in [0.2, 0.25) is 0 Å². The van der Waals surface area contributed by atoms with Crippen molar-refractivity contribution in [1.29, 1.82) is 0 Å². The van der Waals surface area contributed by atoms with E-state index in [1.165, 1.54) is 37.7 Å². The highest BCUT2D eigenvalue weighted by molar-refractivity contribution is 6.31. The molecular weight excluding hydrogens is 508 g/mol. The molecule has 2 N–H and O–H groups in total. The number of rotatable bonds is 7. The average Bonchev–Trinajstić information content (AvgIpc) is 3.32. The first-order chi connectivity index (χ1) is 17.9. The van der Waals surface area contributed by atoms with Crippen molar-refractivity contribution in [3.05, 3.63) is 59.4 Å². The Morgan fingerprint density at radius 1 is 1.22 bits per heavy atom. The molecule has 1 amide bonds. The van der Waals surface area contributed by atoms with Crippen LogP contribution in [0.1, 0.15) is 0 Å². The van der Waals surface area contributed by atoms with Crippen molar-refractivity contribution in [2.45, 2.75) is 12.2 Å². The fourth-order valence-corrected chi connectivity index (χ4v) is 4.51. The van der Waals surface area contributed by atoms with Crippen molar-refractivity contribution in [3.63, 3.8) is 0 Å². The summed E-state index contributed by atoms with van der Waals surface area (Å²) in [4.78, 5) is 23.1. The summed E-state index contributed by atoms with van der Waals surface area (Å²) >= 11 is 5.88. The quantitative estimate of drug-likeness (QED) is 0.440. The molecule has 2 aromatic carbocycles. The molecule has 2 fully saturated rings. The van der Waals surface area contributed by atoms with E-state index in [9.17, 15) is 13.6 Å². The van der Waals surface area contributed by atoms with E-state index in [1.54, 1.807) is 12.1 Å². The summed E-state index contributed by atoms with van der Waals surface area (Å²) in [5, 5.41) is 6.09. The molecule has 1 aromatic heterocycles. The number of nitrogens with zero attached hydrogens (tertiary/aromatic N) is 3. The van der Waals surface area contributed by atoms with Crippen molar-refractivity contribution in [1.82, 2.24) is 14.9 Å². The number of hydrogen-bond acceptors (Lipinski definition) is 8. The number of methoxy groups -OCH3 is 1. The van der Waals surface area contributed by atoms with Crippen LogP contribution in [0.4, 0.5) is 26.0 Å². The second-order valence-electron chi connectivity index (χ2n) is 8.59. The molecule has 2 aliphatic heterocycles. The summed E-state index contributed by atoms with van der Waals surface area (Å²) in [6.07, 6.45) is 2.52. The molecule has 0 spiro atoms. The third-order valence-electron chi connectivity index (χ3n) is 6.17. The smallest absolute Gasteiger partial charge is 0.284 e. The molecule has 0 saturated carbocycles. The van der Waals surface area contributed by atoms with Crippen LogP contribution in [0.15, 0.2) is 48.6 Å². The van der Waals surface area contributed by atoms with Crippen molar-refractivity contribution in [2.75, 3.05) is 50.6 Å². The van der Waals surface area contributed by atoms with Gasteiger partial charge in [-0.15, -0.1) is 0 Å². The normalized spacial score (nSPS) is 20.1. The number of halogens is 3. The molecule has 0 aliphatic carbocycles. The monoisotopic (exact) mass is 531 g/mol. The molecule has 2 aliphatic rings. The van der Waals surface area contributed by atoms with Crippen LogP contribution in [0.3, 0.4) is 0 Å². The number of benzene rings is 2. The van der Waals surface area contributed by atoms with E-state index in [4.69, 9.17) is 25.8 Å². The molecule has 9 nitrogen and oxygen atoms in total. The lowest BCUT2D eigenvalue weighted by atomic mass is 10.1. The first kappa shape index (κ1) is 25.3. The van der Waals surface area contributed by atoms with E-state index in [2.05, 4.69) is 20.6 Å². The Morgan fingerprint density at radius 2 is 1.97 bits per heavy atom. The first-order valence-corrected chi connectivity index (χ1v) is 12.0. The molecular formula is C25H24ClF2N5O4. The predicted octanol–water partition coefficient (Wildman–Crippen LogP) is 4.07. The molecule has 0 unspecified atom stereocenters. The van der Waals surface area contributed by atoms with Crippen LogP contribution in [-0.4, -0.2) is 72.9 Å². The SMILES string of the molecule is COc1cc2ncnc(Nc3ccc(F)c(Cl)c3)c2cc1NC(=O)/C(F)=C\CN1C[C@@H]2OCCO[C@@H]2C1. The molecule has 3 heterocycles. The van der Waals surface area contributed by atoms with Crippen molar-refractivity contribution in [2.24, 2.45) is 0 Å². The van der Waals surface area contributed by atoms with Crippen molar-refractivity contribution >= 4 is 45.6 Å². The Morgan fingerprint density at radius 3 is 2.68 bits per heavy atom. The van der Waals surface area contributed by atoms with Gasteiger partial charge in [0.15, 0.2) is 5.83 Å². The fourth-order valence-electron chi connectivity index (χ4n) is 4.33. The minimum atomic E-state index is -0.928. The zero-order chi connectivity index (χ0) is 25.9. The van der Waals surface area contributed by atoms with Gasteiger partial charge in [0.1, 0.15) is 23.7 Å². The van der Waals surface area contributed by atoms with Gasteiger partial charge in [0, 0.05) is 36.8 Å². The Labute approximate surface area is 216 Å². The van der Waals surface area contributed by atoms with Gasteiger partial charge in [0.25, 0.3) is 5.91 Å². The van der Waals surface area contributed by atoms with Crippen LogP contribution >= 0.6 is 11.6 Å². The van der Waals surface area contributed by atoms with E-state index >= 15 is 0 Å². The summed E-state index contributed by atoms with van der Waals surface area (Å²) in [6, 6.07) is 7.34. The third kappa shape index (κ3) is 5.64. The first-order valence-electron chi connectivity index (χ1n) is 11.6. The number of carbonyl (C=O) groups excluding carboxylic acids is 1. The molecule has 194 valence electrons. The molecule has 37 heavy (non-hydrogen) atoms. The Bertz CT molecular complexity index is 1340. The van der Waals surface area contributed by atoms with Gasteiger partial charge in [0.05, 0.1) is 48.8 Å². The second-order valence-corrected chi connectivity index (χ2v) is 9.00. The molecule has 3 aromatic rings. The zero-order valence-corrected chi connectivity index (χ0v) is 20.6. The lowest BCUT2D eigenvalue weighted by Crippen LogP contribution is -2.36. The summed E-state index contributed by atoms with van der Waals surface area (Å²) in [5.74, 6) is -1.72. The number of aromatic nitrogens is 2. The predicted molar refractivity (Wildman–Crippen MR) is 135 cm³/mol. The van der Waals surface area contributed by atoms with Crippen LogP contribution in [0.25, 0.3) is 10.9 Å². The molecule has 12 heteroatoms. The highest BCUT2D eigenvalue weighted by atomic mass is 35.5. The summed E-state index contributed by atoms with van der Waals surface area (Å²) in [7, 11) is 1.43. The highest BCUT2D eigenvalue weighted by Crippen LogP contribution is 2.34. The van der Waals surface area contributed by atoms with Gasteiger partial charge < -0.3 is 24.8 Å².